The summed E-state index contributed by atoms with van der Waals surface area (Å²) in [7, 11) is 0. The summed E-state index contributed by atoms with van der Waals surface area (Å²) in [4.78, 5) is 31.7. The fourth-order valence-electron chi connectivity index (χ4n) is 1.40. The summed E-state index contributed by atoms with van der Waals surface area (Å²) >= 11 is 0. The normalized spacial score (nSPS) is 11.3. The number of halogens is 2. The zero-order valence-corrected chi connectivity index (χ0v) is 10.3. The van der Waals surface area contributed by atoms with Crippen LogP contribution in [0.5, 0.6) is 0 Å². The highest BCUT2D eigenvalue weighted by molar-refractivity contribution is 5.97. The number of terminal acetylenes is 1. The third kappa shape index (κ3) is 3.73. The van der Waals surface area contributed by atoms with E-state index in [-0.39, 0.29) is 12.5 Å². The molecule has 0 aliphatic carbocycles. The molecule has 0 heterocycles. The van der Waals surface area contributed by atoms with E-state index in [0.29, 0.717) is 6.07 Å². The fourth-order valence-corrected chi connectivity index (χ4v) is 1.40. The Balaban J connectivity index is 3.08. The van der Waals surface area contributed by atoms with Crippen LogP contribution < -0.4 is 5.32 Å². The number of carboxylic acid groups (broad SMARTS) is 1. The summed E-state index contributed by atoms with van der Waals surface area (Å²) in [5.74, 6) is -3.47. The molecule has 2 N–H and O–H groups in total. The molecule has 9 heteroatoms. The number of benzene rings is 1. The Labute approximate surface area is 116 Å². The Morgan fingerprint density at radius 3 is 2.52 bits per heavy atom. The summed E-state index contributed by atoms with van der Waals surface area (Å²) in [6.07, 6.45) is 4.55. The number of carbonyl (C=O) groups is 2. The Morgan fingerprint density at radius 2 is 2.05 bits per heavy atom. The van der Waals surface area contributed by atoms with Crippen molar-refractivity contribution in [1.29, 1.82) is 0 Å². The van der Waals surface area contributed by atoms with Crippen LogP contribution in [0.25, 0.3) is 0 Å². The highest BCUT2D eigenvalue weighted by Gasteiger charge is 2.25. The lowest BCUT2D eigenvalue weighted by Gasteiger charge is -2.12. The van der Waals surface area contributed by atoms with E-state index < -0.39 is 45.7 Å². The van der Waals surface area contributed by atoms with Gasteiger partial charge in [0, 0.05) is 6.42 Å². The van der Waals surface area contributed by atoms with Gasteiger partial charge in [-0.15, -0.1) is 12.3 Å². The molecule has 0 saturated heterocycles. The molecule has 1 aromatic rings. The van der Waals surface area contributed by atoms with Crippen molar-refractivity contribution < 1.29 is 28.4 Å². The van der Waals surface area contributed by atoms with Crippen molar-refractivity contribution in [3.63, 3.8) is 0 Å². The molecule has 1 rings (SSSR count). The van der Waals surface area contributed by atoms with E-state index in [1.807, 2.05) is 11.2 Å². The van der Waals surface area contributed by atoms with Crippen LogP contribution in [0, 0.1) is 34.1 Å². The number of nitrogens with zero attached hydrogens (tertiary/aromatic N) is 1. The third-order valence-corrected chi connectivity index (χ3v) is 2.40. The van der Waals surface area contributed by atoms with Crippen molar-refractivity contribution in [2.45, 2.75) is 12.5 Å². The van der Waals surface area contributed by atoms with Gasteiger partial charge in [0.05, 0.1) is 16.6 Å². The number of nitro benzene ring substituents is 1. The lowest BCUT2D eigenvalue weighted by atomic mass is 10.1. The quantitative estimate of drug-likeness (QED) is 0.480. The molecule has 21 heavy (non-hydrogen) atoms. The van der Waals surface area contributed by atoms with Crippen molar-refractivity contribution >= 4 is 17.6 Å². The second-order valence-electron chi connectivity index (χ2n) is 3.81. The smallest absolute Gasteiger partial charge is 0.327 e. The van der Waals surface area contributed by atoms with Gasteiger partial charge in [0.15, 0.2) is 0 Å². The van der Waals surface area contributed by atoms with Gasteiger partial charge >= 0.3 is 11.7 Å². The van der Waals surface area contributed by atoms with Gasteiger partial charge in [0.1, 0.15) is 11.9 Å². The van der Waals surface area contributed by atoms with E-state index in [0.717, 1.165) is 0 Å². The van der Waals surface area contributed by atoms with Crippen LogP contribution in [-0.4, -0.2) is 27.9 Å². The van der Waals surface area contributed by atoms with Crippen molar-refractivity contribution in [3.8, 4) is 12.3 Å². The predicted octanol–water partition coefficient (Wildman–Crippen LogP) is 1.08. The van der Waals surface area contributed by atoms with Crippen molar-refractivity contribution in [2.24, 2.45) is 0 Å². The lowest BCUT2D eigenvalue weighted by Crippen LogP contribution is -2.40. The van der Waals surface area contributed by atoms with E-state index >= 15 is 0 Å². The molecule has 0 aromatic heterocycles. The van der Waals surface area contributed by atoms with Crippen LogP contribution in [0.2, 0.25) is 0 Å². The number of amides is 1. The number of hydrogen-bond acceptors (Lipinski definition) is 4. The van der Waals surface area contributed by atoms with Crippen LogP contribution in [0.3, 0.4) is 0 Å². The van der Waals surface area contributed by atoms with Gasteiger partial charge < -0.3 is 10.4 Å². The van der Waals surface area contributed by atoms with Gasteiger partial charge in [-0.1, -0.05) is 0 Å². The van der Waals surface area contributed by atoms with Crippen LogP contribution in [0.4, 0.5) is 14.5 Å². The molecule has 110 valence electrons. The first-order chi connectivity index (χ1) is 9.77. The van der Waals surface area contributed by atoms with Gasteiger partial charge in [-0.3, -0.25) is 14.9 Å². The Morgan fingerprint density at radius 1 is 1.43 bits per heavy atom. The third-order valence-electron chi connectivity index (χ3n) is 2.40. The molecule has 0 radical (unpaired) electrons. The summed E-state index contributed by atoms with van der Waals surface area (Å²) in [6.45, 7) is 0. The molecular weight excluding hydrogens is 290 g/mol. The minimum Gasteiger partial charge on any atom is -0.480 e. The zero-order valence-electron chi connectivity index (χ0n) is 10.3. The van der Waals surface area contributed by atoms with Crippen LogP contribution in [0.1, 0.15) is 16.8 Å². The van der Waals surface area contributed by atoms with Crippen LogP contribution in [-0.2, 0) is 4.79 Å². The number of nitro groups is 1. The van der Waals surface area contributed by atoms with Crippen molar-refractivity contribution in [1.82, 2.24) is 5.32 Å². The molecule has 0 saturated carbocycles. The number of hydrogen-bond donors (Lipinski definition) is 2. The molecule has 1 aromatic carbocycles. The molecule has 1 unspecified atom stereocenters. The SMILES string of the molecule is C#CCC(NC(=O)c1cc(F)c([N+](=O)[O-])cc1F)C(=O)O. The van der Waals surface area contributed by atoms with E-state index in [4.69, 9.17) is 11.5 Å². The molecule has 0 bridgehead atoms. The average Bonchev–Trinajstić information content (AvgIpc) is 2.39. The number of carbonyl (C=O) groups excluding carboxylic acids is 1. The van der Waals surface area contributed by atoms with Gasteiger partial charge in [0.2, 0.25) is 5.82 Å². The number of carboxylic acids is 1. The monoisotopic (exact) mass is 298 g/mol. The van der Waals surface area contributed by atoms with Gasteiger partial charge in [-0.25, -0.2) is 9.18 Å². The molecule has 0 fully saturated rings. The lowest BCUT2D eigenvalue weighted by molar-refractivity contribution is -0.387. The molecule has 0 spiro atoms. The predicted molar refractivity (Wildman–Crippen MR) is 65.4 cm³/mol. The topological polar surface area (TPSA) is 110 Å². The Bertz CT molecular complexity index is 654. The second-order valence-corrected chi connectivity index (χ2v) is 3.81. The van der Waals surface area contributed by atoms with E-state index in [9.17, 15) is 28.5 Å². The summed E-state index contributed by atoms with van der Waals surface area (Å²) < 4.78 is 26.9. The van der Waals surface area contributed by atoms with Gasteiger partial charge in [-0.2, -0.15) is 4.39 Å². The molecule has 0 aliphatic heterocycles. The highest BCUT2D eigenvalue weighted by atomic mass is 19.1. The Kier molecular flexibility index (Phi) is 4.91. The van der Waals surface area contributed by atoms with Crippen molar-refractivity contribution in [3.05, 3.63) is 39.4 Å². The van der Waals surface area contributed by atoms with Crippen LogP contribution >= 0.6 is 0 Å². The van der Waals surface area contributed by atoms with Crippen molar-refractivity contribution in [2.75, 3.05) is 0 Å². The van der Waals surface area contributed by atoms with E-state index in [2.05, 4.69) is 0 Å². The molecule has 0 aliphatic rings. The molecule has 1 atom stereocenters. The highest BCUT2D eigenvalue weighted by Crippen LogP contribution is 2.21. The maximum Gasteiger partial charge on any atom is 0.327 e. The maximum absolute atomic E-state index is 13.6. The first-order valence-electron chi connectivity index (χ1n) is 5.38. The summed E-state index contributed by atoms with van der Waals surface area (Å²) in [5.41, 5.74) is -2.00. The zero-order chi connectivity index (χ0) is 16.2. The summed E-state index contributed by atoms with van der Waals surface area (Å²) in [5, 5.41) is 21.1. The number of nitrogens with one attached hydrogen (secondary N) is 1. The molecule has 1 amide bonds. The first-order valence-corrected chi connectivity index (χ1v) is 5.38. The number of rotatable bonds is 5. The largest absolute Gasteiger partial charge is 0.480 e. The first kappa shape index (κ1) is 16.0. The summed E-state index contributed by atoms with van der Waals surface area (Å²) in [6, 6.07) is -0.932. The molecular formula is C12H8F2N2O5. The average molecular weight is 298 g/mol. The van der Waals surface area contributed by atoms with Crippen LogP contribution in [0.15, 0.2) is 12.1 Å². The standard InChI is InChI=1S/C12H8F2N2O5/c1-2-3-9(12(18)19)15-11(17)6-4-8(14)10(16(20)21)5-7(6)13/h1,4-5,9H,3H2,(H,15,17)(H,18,19). The number of aliphatic carboxylic acids is 1. The van der Waals surface area contributed by atoms with E-state index in [1.54, 1.807) is 0 Å². The molecule has 7 nitrogen and oxygen atoms in total. The second kappa shape index (κ2) is 6.42. The van der Waals surface area contributed by atoms with Gasteiger partial charge in [0.25, 0.3) is 5.91 Å². The maximum atomic E-state index is 13.6. The minimum absolute atomic E-state index is 0.237. The van der Waals surface area contributed by atoms with Gasteiger partial charge in [-0.05, 0) is 6.07 Å². The minimum atomic E-state index is -1.49. The van der Waals surface area contributed by atoms with E-state index in [1.165, 1.54) is 0 Å². The fraction of sp³-hybridized carbons (Fsp3) is 0.167. The Hall–Kier alpha value is -3.02.